The van der Waals surface area contributed by atoms with Crippen molar-refractivity contribution < 1.29 is 9.13 Å². The van der Waals surface area contributed by atoms with Crippen molar-refractivity contribution in [1.82, 2.24) is 10.6 Å². The number of nitrogens with one attached hydrogen (secondary N) is 2. The summed E-state index contributed by atoms with van der Waals surface area (Å²) in [6, 6.07) is 6.67. The molecule has 1 fully saturated rings. The molecule has 0 unspecified atom stereocenters. The molecule has 5 heteroatoms. The van der Waals surface area contributed by atoms with E-state index in [1.54, 1.807) is 12.1 Å². The number of thiocarbonyl (C=S) groups is 1. The molecule has 1 aliphatic rings. The molecule has 98 valence electrons. The quantitative estimate of drug-likeness (QED) is 0.818. The highest BCUT2D eigenvalue weighted by molar-refractivity contribution is 7.80. The van der Waals surface area contributed by atoms with Crippen LogP contribution in [-0.2, 0) is 11.3 Å². The van der Waals surface area contributed by atoms with E-state index in [9.17, 15) is 4.39 Å². The summed E-state index contributed by atoms with van der Waals surface area (Å²) in [5.74, 6) is -0.216. The predicted molar refractivity (Wildman–Crippen MR) is 72.8 cm³/mol. The van der Waals surface area contributed by atoms with E-state index >= 15 is 0 Å². The maximum absolute atomic E-state index is 13.3. The summed E-state index contributed by atoms with van der Waals surface area (Å²) < 4.78 is 18.8. The van der Waals surface area contributed by atoms with Crippen molar-refractivity contribution in [3.8, 4) is 0 Å². The van der Waals surface area contributed by atoms with Crippen molar-refractivity contribution >= 4 is 17.3 Å². The Bertz CT molecular complexity index is 408. The molecule has 2 rings (SSSR count). The predicted octanol–water partition coefficient (Wildman–Crippen LogP) is 1.97. The zero-order valence-electron chi connectivity index (χ0n) is 10.1. The molecule has 0 aromatic heterocycles. The number of benzene rings is 1. The first kappa shape index (κ1) is 13.2. The van der Waals surface area contributed by atoms with Gasteiger partial charge in [0.15, 0.2) is 5.11 Å². The summed E-state index contributed by atoms with van der Waals surface area (Å²) in [5, 5.41) is 6.61. The van der Waals surface area contributed by atoms with Crippen LogP contribution in [0.5, 0.6) is 0 Å². The molecule has 3 nitrogen and oxygen atoms in total. The van der Waals surface area contributed by atoms with Crippen LogP contribution in [-0.4, -0.2) is 24.4 Å². The first-order valence-corrected chi connectivity index (χ1v) is 6.53. The number of hydrogen-bond donors (Lipinski definition) is 2. The molecule has 1 aromatic carbocycles. The molecule has 0 amide bonds. The molecule has 0 radical (unpaired) electrons. The summed E-state index contributed by atoms with van der Waals surface area (Å²) in [4.78, 5) is 0. The summed E-state index contributed by atoms with van der Waals surface area (Å²) in [5.41, 5.74) is 0.610. The van der Waals surface area contributed by atoms with Crippen molar-refractivity contribution in [3.05, 3.63) is 35.6 Å². The van der Waals surface area contributed by atoms with Crippen LogP contribution in [0.15, 0.2) is 24.3 Å². The van der Waals surface area contributed by atoms with Gasteiger partial charge in [0.25, 0.3) is 0 Å². The molecule has 18 heavy (non-hydrogen) atoms. The van der Waals surface area contributed by atoms with Crippen LogP contribution < -0.4 is 10.6 Å². The maximum Gasteiger partial charge on any atom is 0.166 e. The molecule has 2 N–H and O–H groups in total. The minimum atomic E-state index is -0.216. The van der Waals surface area contributed by atoms with E-state index < -0.39 is 0 Å². The third-order valence-electron chi connectivity index (χ3n) is 2.91. The minimum absolute atomic E-state index is 0.216. The van der Waals surface area contributed by atoms with Gasteiger partial charge in [0, 0.05) is 25.3 Å². The average Bonchev–Trinajstić information content (AvgIpc) is 2.88. The Hall–Kier alpha value is -1.20. The minimum Gasteiger partial charge on any atom is -0.376 e. The van der Waals surface area contributed by atoms with Crippen molar-refractivity contribution in [1.29, 1.82) is 0 Å². The van der Waals surface area contributed by atoms with E-state index in [1.165, 1.54) is 6.07 Å². The van der Waals surface area contributed by atoms with Gasteiger partial charge in [-0.25, -0.2) is 4.39 Å². The van der Waals surface area contributed by atoms with Gasteiger partial charge >= 0.3 is 0 Å². The largest absolute Gasteiger partial charge is 0.376 e. The van der Waals surface area contributed by atoms with E-state index in [1.807, 2.05) is 6.07 Å². The second-order valence-electron chi connectivity index (χ2n) is 4.29. The maximum atomic E-state index is 13.3. The fourth-order valence-electron chi connectivity index (χ4n) is 1.89. The highest BCUT2D eigenvalue weighted by atomic mass is 32.1. The van der Waals surface area contributed by atoms with Gasteiger partial charge in [-0.3, -0.25) is 0 Å². The van der Waals surface area contributed by atoms with Gasteiger partial charge in [-0.2, -0.15) is 0 Å². The van der Waals surface area contributed by atoms with Crippen molar-refractivity contribution in [2.45, 2.75) is 25.5 Å². The molecular weight excluding hydrogens is 251 g/mol. The smallest absolute Gasteiger partial charge is 0.166 e. The number of halogens is 1. The monoisotopic (exact) mass is 268 g/mol. The number of ether oxygens (including phenoxy) is 1. The van der Waals surface area contributed by atoms with Crippen LogP contribution >= 0.6 is 12.2 Å². The summed E-state index contributed by atoms with van der Waals surface area (Å²) >= 11 is 5.13. The normalized spacial score (nSPS) is 18.6. The molecule has 1 aromatic rings. The van der Waals surface area contributed by atoms with Gasteiger partial charge in [-0.15, -0.1) is 0 Å². The topological polar surface area (TPSA) is 33.3 Å². The highest BCUT2D eigenvalue weighted by Gasteiger charge is 2.15. The van der Waals surface area contributed by atoms with E-state index in [-0.39, 0.29) is 11.9 Å². The Morgan fingerprint density at radius 3 is 2.94 bits per heavy atom. The van der Waals surface area contributed by atoms with Crippen LogP contribution in [0, 0.1) is 5.82 Å². The van der Waals surface area contributed by atoms with Crippen molar-refractivity contribution in [3.63, 3.8) is 0 Å². The lowest BCUT2D eigenvalue weighted by atomic mass is 10.2. The first-order valence-electron chi connectivity index (χ1n) is 6.12. The second kappa shape index (κ2) is 6.66. The molecule has 0 spiro atoms. The van der Waals surface area contributed by atoms with Crippen LogP contribution in [0.25, 0.3) is 0 Å². The third-order valence-corrected chi connectivity index (χ3v) is 3.20. The van der Waals surface area contributed by atoms with Crippen LogP contribution in [0.1, 0.15) is 18.4 Å². The highest BCUT2D eigenvalue weighted by Crippen LogP contribution is 2.10. The summed E-state index contributed by atoms with van der Waals surface area (Å²) in [6.45, 7) is 1.94. The molecule has 1 heterocycles. The Balaban J connectivity index is 1.69. The van der Waals surface area contributed by atoms with Gasteiger partial charge in [0.2, 0.25) is 0 Å². The zero-order chi connectivity index (χ0) is 12.8. The van der Waals surface area contributed by atoms with Gasteiger partial charge in [0.05, 0.1) is 6.10 Å². The van der Waals surface area contributed by atoms with Gasteiger partial charge in [0.1, 0.15) is 5.82 Å². The number of hydrogen-bond acceptors (Lipinski definition) is 2. The fourth-order valence-corrected chi connectivity index (χ4v) is 2.05. The average molecular weight is 268 g/mol. The zero-order valence-corrected chi connectivity index (χ0v) is 10.9. The second-order valence-corrected chi connectivity index (χ2v) is 4.70. The standard InChI is InChI=1S/C13H17FN2OS/c14-12-6-2-1-4-10(12)8-15-13(18)16-9-11-5-3-7-17-11/h1-2,4,6,11H,3,5,7-9H2,(H2,15,16,18)/t11-/m1/s1. The Kier molecular flexibility index (Phi) is 4.90. The fraction of sp³-hybridized carbons (Fsp3) is 0.462. The van der Waals surface area contributed by atoms with E-state index in [2.05, 4.69) is 10.6 Å². The molecule has 0 bridgehead atoms. The van der Waals surface area contributed by atoms with Crippen LogP contribution in [0.4, 0.5) is 4.39 Å². The van der Waals surface area contributed by atoms with Crippen molar-refractivity contribution in [2.24, 2.45) is 0 Å². The van der Waals surface area contributed by atoms with E-state index in [4.69, 9.17) is 17.0 Å². The van der Waals surface area contributed by atoms with Crippen LogP contribution in [0.2, 0.25) is 0 Å². The summed E-state index contributed by atoms with van der Waals surface area (Å²) in [7, 11) is 0. The summed E-state index contributed by atoms with van der Waals surface area (Å²) in [6.07, 6.45) is 2.43. The molecule has 0 aliphatic carbocycles. The Labute approximate surface area is 112 Å². The van der Waals surface area contributed by atoms with Crippen LogP contribution in [0.3, 0.4) is 0 Å². The number of rotatable bonds is 4. The van der Waals surface area contributed by atoms with Gasteiger partial charge < -0.3 is 15.4 Å². The van der Waals surface area contributed by atoms with Gasteiger partial charge in [-0.05, 0) is 31.1 Å². The molecule has 1 saturated heterocycles. The lowest BCUT2D eigenvalue weighted by molar-refractivity contribution is 0.114. The molecule has 1 atom stereocenters. The molecule has 0 saturated carbocycles. The molecule has 1 aliphatic heterocycles. The lowest BCUT2D eigenvalue weighted by Crippen LogP contribution is -2.39. The SMILES string of the molecule is Fc1ccccc1CNC(=S)NC[C@H]1CCCO1. The third kappa shape index (κ3) is 3.92. The Morgan fingerprint density at radius 2 is 2.22 bits per heavy atom. The van der Waals surface area contributed by atoms with Crippen molar-refractivity contribution in [2.75, 3.05) is 13.2 Å². The Morgan fingerprint density at radius 1 is 1.39 bits per heavy atom. The van der Waals surface area contributed by atoms with E-state index in [0.29, 0.717) is 23.8 Å². The first-order chi connectivity index (χ1) is 8.75. The molecular formula is C13H17FN2OS. The van der Waals surface area contributed by atoms with E-state index in [0.717, 1.165) is 19.4 Å². The van der Waals surface area contributed by atoms with Gasteiger partial charge in [-0.1, -0.05) is 18.2 Å². The lowest BCUT2D eigenvalue weighted by Gasteiger charge is -2.14.